The van der Waals surface area contributed by atoms with Crippen molar-refractivity contribution in [3.63, 3.8) is 0 Å². The summed E-state index contributed by atoms with van der Waals surface area (Å²) in [5.74, 6) is -0.454. The van der Waals surface area contributed by atoms with Crippen LogP contribution in [0.5, 0.6) is 0 Å². The summed E-state index contributed by atoms with van der Waals surface area (Å²) in [5.41, 5.74) is 1.31. The average molecular weight is 405 g/mol. The van der Waals surface area contributed by atoms with Crippen LogP contribution in [0.15, 0.2) is 52.9 Å². The topological polar surface area (TPSA) is 75.7 Å². The molecule has 8 heteroatoms. The number of anilines is 1. The van der Waals surface area contributed by atoms with Crippen molar-refractivity contribution in [2.75, 3.05) is 17.5 Å². The Balaban J connectivity index is 1.65. The molecule has 0 saturated carbocycles. The molecule has 1 fully saturated rings. The summed E-state index contributed by atoms with van der Waals surface area (Å²) in [5, 5.41) is 4.73. The van der Waals surface area contributed by atoms with Crippen LogP contribution in [0, 0.1) is 0 Å². The molecular formula is C19H20N2O4S2. The fourth-order valence-corrected chi connectivity index (χ4v) is 5.80. The largest absolute Gasteiger partial charge is 0.387 e. The number of thiophene rings is 1. The normalized spacial score (nSPS) is 22.8. The molecule has 0 amide bonds. The van der Waals surface area contributed by atoms with Crippen LogP contribution >= 0.6 is 11.3 Å². The van der Waals surface area contributed by atoms with Gasteiger partial charge in [-0.2, -0.15) is 0 Å². The summed E-state index contributed by atoms with van der Waals surface area (Å²) in [6.07, 6.45) is 3.33. The molecule has 2 aliphatic heterocycles. The second-order valence-electron chi connectivity index (χ2n) is 6.51. The average Bonchev–Trinajstić information content (AvgIpc) is 3.34. The molecule has 0 aliphatic carbocycles. The minimum atomic E-state index is -3.94. The first kappa shape index (κ1) is 18.2. The molecule has 2 aromatic rings. The van der Waals surface area contributed by atoms with Crippen molar-refractivity contribution in [3.05, 3.63) is 63.3 Å². The molecule has 4 rings (SSSR count). The molecule has 1 N–H and O–H groups in total. The van der Waals surface area contributed by atoms with E-state index in [0.29, 0.717) is 17.1 Å². The van der Waals surface area contributed by atoms with Gasteiger partial charge in [-0.15, -0.1) is 11.3 Å². The highest BCUT2D eigenvalue weighted by atomic mass is 32.2. The summed E-state index contributed by atoms with van der Waals surface area (Å²) in [7, 11) is -3.94. The van der Waals surface area contributed by atoms with Gasteiger partial charge < -0.3 is 10.1 Å². The summed E-state index contributed by atoms with van der Waals surface area (Å²) >= 11 is 1.26. The molecule has 1 aromatic carbocycles. The number of benzene rings is 1. The summed E-state index contributed by atoms with van der Waals surface area (Å²) in [6, 6.07) is 11.0. The first-order chi connectivity index (χ1) is 13.1. The Bertz CT molecular complexity index is 961. The number of nitrogens with zero attached hydrogens (tertiary/aromatic N) is 1. The van der Waals surface area contributed by atoms with Crippen LogP contribution < -0.4 is 9.62 Å². The van der Waals surface area contributed by atoms with Crippen molar-refractivity contribution in [1.29, 1.82) is 0 Å². The van der Waals surface area contributed by atoms with Gasteiger partial charge in [0.25, 0.3) is 10.0 Å². The lowest BCUT2D eigenvalue weighted by molar-refractivity contribution is 0.104. The maximum Gasteiger partial charge on any atom is 0.270 e. The maximum atomic E-state index is 13.2. The van der Waals surface area contributed by atoms with E-state index in [2.05, 4.69) is 5.32 Å². The number of rotatable bonds is 5. The Morgan fingerprint density at radius 2 is 2.07 bits per heavy atom. The lowest BCUT2D eigenvalue weighted by Gasteiger charge is -2.29. The molecule has 6 nitrogen and oxygen atoms in total. The Morgan fingerprint density at radius 3 is 2.81 bits per heavy atom. The molecule has 0 spiro atoms. The van der Waals surface area contributed by atoms with Crippen LogP contribution in [0.1, 0.15) is 28.1 Å². The number of carbonyl (C=O) groups is 1. The first-order valence-corrected chi connectivity index (χ1v) is 11.1. The SMILES string of the molecule is O=C1C(=CNCC2CCCO2)S(=O)(=O)N(Cc2ccccc2)c2ccsc21. The highest BCUT2D eigenvalue weighted by Crippen LogP contribution is 2.39. The number of ether oxygens (including phenoxy) is 1. The quantitative estimate of drug-likeness (QED) is 0.776. The van der Waals surface area contributed by atoms with E-state index in [0.717, 1.165) is 25.0 Å². The molecule has 1 saturated heterocycles. The second-order valence-corrected chi connectivity index (χ2v) is 9.26. The van der Waals surface area contributed by atoms with Gasteiger partial charge >= 0.3 is 0 Å². The van der Waals surface area contributed by atoms with Crippen molar-refractivity contribution in [2.24, 2.45) is 0 Å². The molecule has 1 atom stereocenters. The van der Waals surface area contributed by atoms with Crippen molar-refractivity contribution in [2.45, 2.75) is 25.5 Å². The van der Waals surface area contributed by atoms with Crippen molar-refractivity contribution < 1.29 is 17.9 Å². The smallest absolute Gasteiger partial charge is 0.270 e. The lowest BCUT2D eigenvalue weighted by atomic mass is 10.2. The standard InChI is InChI=1S/C19H20N2O4S2/c22-18-17(12-20-11-15-7-4-9-25-15)27(23,24)21(16-8-10-26-19(16)18)13-14-5-2-1-3-6-14/h1-3,5-6,8,10,12,15,20H,4,7,9,11,13H2. The van der Waals surface area contributed by atoms with Gasteiger partial charge in [-0.3, -0.25) is 9.10 Å². The number of allylic oxidation sites excluding steroid dienone is 1. The number of hydrogen-bond donors (Lipinski definition) is 1. The Hall–Kier alpha value is -2.16. The Kier molecular flexibility index (Phi) is 5.03. The van der Waals surface area contributed by atoms with Crippen LogP contribution in [0.25, 0.3) is 0 Å². The molecular weight excluding hydrogens is 384 g/mol. The van der Waals surface area contributed by atoms with E-state index in [1.54, 1.807) is 11.4 Å². The monoisotopic (exact) mass is 404 g/mol. The number of nitrogens with one attached hydrogen (secondary N) is 1. The maximum absolute atomic E-state index is 13.2. The van der Waals surface area contributed by atoms with Gasteiger partial charge in [0.15, 0.2) is 4.91 Å². The fraction of sp³-hybridized carbons (Fsp3) is 0.316. The molecule has 0 bridgehead atoms. The fourth-order valence-electron chi connectivity index (χ4n) is 3.29. The van der Waals surface area contributed by atoms with Crippen molar-refractivity contribution in [1.82, 2.24) is 5.32 Å². The predicted octanol–water partition coefficient (Wildman–Crippen LogP) is 2.89. The van der Waals surface area contributed by atoms with E-state index in [1.807, 2.05) is 30.3 Å². The zero-order chi connectivity index (χ0) is 18.9. The van der Waals surface area contributed by atoms with E-state index < -0.39 is 15.8 Å². The molecule has 27 heavy (non-hydrogen) atoms. The highest BCUT2D eigenvalue weighted by molar-refractivity contribution is 7.97. The minimum Gasteiger partial charge on any atom is -0.387 e. The number of ketones is 1. The van der Waals surface area contributed by atoms with Crippen LogP contribution in [-0.2, 0) is 21.3 Å². The van der Waals surface area contributed by atoms with Gasteiger partial charge in [0.2, 0.25) is 5.78 Å². The Labute approximate surface area is 162 Å². The Morgan fingerprint density at radius 1 is 1.26 bits per heavy atom. The van der Waals surface area contributed by atoms with E-state index in [-0.39, 0.29) is 17.6 Å². The second kappa shape index (κ2) is 7.46. The minimum absolute atomic E-state index is 0.0565. The molecule has 2 aliphatic rings. The first-order valence-electron chi connectivity index (χ1n) is 8.81. The molecule has 1 aromatic heterocycles. The van der Waals surface area contributed by atoms with Gasteiger partial charge in [0.05, 0.1) is 18.3 Å². The number of fused-ring (bicyclic) bond motifs is 1. The lowest BCUT2D eigenvalue weighted by Crippen LogP contribution is -2.39. The van der Waals surface area contributed by atoms with E-state index >= 15 is 0 Å². The number of carbonyl (C=O) groups excluding carboxylic acids is 1. The molecule has 0 radical (unpaired) electrons. The third-order valence-corrected chi connectivity index (χ3v) is 7.35. The van der Waals surface area contributed by atoms with E-state index in [4.69, 9.17) is 4.74 Å². The third-order valence-electron chi connectivity index (χ3n) is 4.68. The summed E-state index contributed by atoms with van der Waals surface area (Å²) in [6.45, 7) is 1.40. The van der Waals surface area contributed by atoms with Crippen LogP contribution in [-0.4, -0.2) is 33.5 Å². The van der Waals surface area contributed by atoms with Crippen LogP contribution in [0.2, 0.25) is 0 Å². The van der Waals surface area contributed by atoms with Crippen LogP contribution in [0.3, 0.4) is 0 Å². The predicted molar refractivity (Wildman–Crippen MR) is 105 cm³/mol. The van der Waals surface area contributed by atoms with Gasteiger partial charge in [0.1, 0.15) is 4.88 Å². The molecule has 142 valence electrons. The number of Topliss-reactive ketones (excluding diaryl/α,β-unsaturated/α-hetero) is 1. The molecule has 3 heterocycles. The summed E-state index contributed by atoms with van der Waals surface area (Å²) < 4.78 is 33.2. The van der Waals surface area contributed by atoms with Gasteiger partial charge in [0, 0.05) is 19.4 Å². The van der Waals surface area contributed by atoms with Gasteiger partial charge in [-0.25, -0.2) is 8.42 Å². The number of sulfonamides is 1. The van der Waals surface area contributed by atoms with E-state index in [9.17, 15) is 13.2 Å². The summed E-state index contributed by atoms with van der Waals surface area (Å²) in [4.78, 5) is 13.0. The highest BCUT2D eigenvalue weighted by Gasteiger charge is 2.41. The van der Waals surface area contributed by atoms with Crippen molar-refractivity contribution in [3.8, 4) is 0 Å². The van der Waals surface area contributed by atoms with Gasteiger partial charge in [-0.1, -0.05) is 30.3 Å². The molecule has 1 unspecified atom stereocenters. The van der Waals surface area contributed by atoms with E-state index in [1.165, 1.54) is 21.8 Å². The van der Waals surface area contributed by atoms with Gasteiger partial charge in [-0.05, 0) is 29.9 Å². The zero-order valence-electron chi connectivity index (χ0n) is 14.6. The zero-order valence-corrected chi connectivity index (χ0v) is 16.3. The third kappa shape index (κ3) is 3.52. The van der Waals surface area contributed by atoms with Crippen molar-refractivity contribution >= 4 is 32.8 Å². The number of hydrogen-bond acceptors (Lipinski definition) is 6. The van der Waals surface area contributed by atoms with Crippen LogP contribution in [0.4, 0.5) is 5.69 Å².